The maximum Gasteiger partial charge on any atom is 0.328 e. The zero-order valence-corrected chi connectivity index (χ0v) is 17.2. The number of rotatable bonds is 5. The minimum atomic E-state index is -0.844. The molecule has 144 valence electrons. The Morgan fingerprint density at radius 1 is 1.11 bits per heavy atom. The van der Waals surface area contributed by atoms with Crippen LogP contribution in [0.1, 0.15) is 23.6 Å². The third kappa shape index (κ3) is 4.43. The van der Waals surface area contributed by atoms with Gasteiger partial charge in [-0.3, -0.25) is 20.2 Å². The third-order valence-electron chi connectivity index (χ3n) is 4.06. The van der Waals surface area contributed by atoms with Gasteiger partial charge in [0.25, 0.3) is 11.8 Å². The van der Waals surface area contributed by atoms with Crippen molar-refractivity contribution in [2.24, 2.45) is 0 Å². The van der Waals surface area contributed by atoms with Gasteiger partial charge in [0.05, 0.1) is 6.61 Å². The highest BCUT2D eigenvalue weighted by Gasteiger charge is 2.27. The van der Waals surface area contributed by atoms with Crippen molar-refractivity contribution in [1.29, 1.82) is 0 Å². The molecule has 0 radical (unpaired) electrons. The first-order chi connectivity index (χ1) is 13.4. The molecule has 1 saturated heterocycles. The summed E-state index contributed by atoms with van der Waals surface area (Å²) in [6.07, 6.45) is 1.91. The third-order valence-corrected chi connectivity index (χ3v) is 5.17. The molecule has 2 aromatic rings. The van der Waals surface area contributed by atoms with Crippen molar-refractivity contribution in [3.05, 3.63) is 68.2 Å². The van der Waals surface area contributed by atoms with Gasteiger partial charge in [-0.15, -0.1) is 0 Å². The van der Waals surface area contributed by atoms with Gasteiger partial charge in [0.2, 0.25) is 0 Å². The normalized spacial score (nSPS) is 13.8. The lowest BCUT2D eigenvalue weighted by Gasteiger charge is -2.16. The number of carbonyl (C=O) groups is 3. The predicted octanol–water partition coefficient (Wildman–Crippen LogP) is 3.84. The van der Waals surface area contributed by atoms with Gasteiger partial charge in [-0.05, 0) is 42.3 Å². The van der Waals surface area contributed by atoms with Crippen molar-refractivity contribution in [1.82, 2.24) is 10.6 Å². The van der Waals surface area contributed by atoms with E-state index in [1.54, 1.807) is 12.1 Å². The molecule has 0 unspecified atom stereocenters. The van der Waals surface area contributed by atoms with Gasteiger partial charge in [0, 0.05) is 21.5 Å². The summed E-state index contributed by atoms with van der Waals surface area (Å²) in [4.78, 5) is 35.0. The van der Waals surface area contributed by atoms with E-state index in [1.807, 2.05) is 41.8 Å². The second kappa shape index (κ2) is 8.58. The fraction of sp³-hybridized carbons (Fsp3) is 0.150. The lowest BCUT2D eigenvalue weighted by Crippen LogP contribution is -2.51. The molecule has 8 heteroatoms. The molecule has 2 N–H and O–H groups in total. The Balaban J connectivity index is 2.00. The Hall–Kier alpha value is -2.64. The van der Waals surface area contributed by atoms with Crippen LogP contribution in [0.3, 0.4) is 0 Å². The summed E-state index contributed by atoms with van der Waals surface area (Å²) in [6, 6.07) is 10.3. The van der Waals surface area contributed by atoms with Crippen LogP contribution in [0.2, 0.25) is 5.02 Å². The van der Waals surface area contributed by atoms with E-state index in [1.165, 1.54) is 6.08 Å². The zero-order valence-electron chi connectivity index (χ0n) is 14.8. The molecular formula is C20H16BrClN2O4. The Kier molecular flexibility index (Phi) is 6.16. The van der Waals surface area contributed by atoms with Gasteiger partial charge in [-0.2, -0.15) is 0 Å². The molecule has 0 spiro atoms. The Bertz CT molecular complexity index is 982. The number of ether oxygens (including phenoxy) is 1. The summed E-state index contributed by atoms with van der Waals surface area (Å²) in [7, 11) is 0. The number of hydrogen-bond acceptors (Lipinski definition) is 4. The molecule has 0 aromatic heterocycles. The molecule has 2 aromatic carbocycles. The quantitative estimate of drug-likeness (QED) is 0.521. The fourth-order valence-corrected chi connectivity index (χ4v) is 3.49. The van der Waals surface area contributed by atoms with E-state index in [2.05, 4.69) is 15.9 Å². The smallest absolute Gasteiger partial charge is 0.328 e. The molecular weight excluding hydrogens is 448 g/mol. The summed E-state index contributed by atoms with van der Waals surface area (Å²) in [6.45, 7) is 2.28. The first-order valence-corrected chi connectivity index (χ1v) is 9.63. The number of imide groups is 2. The second-order valence-electron chi connectivity index (χ2n) is 5.98. The maximum atomic E-state index is 11.9. The van der Waals surface area contributed by atoms with Gasteiger partial charge >= 0.3 is 6.03 Å². The van der Waals surface area contributed by atoms with E-state index in [0.717, 1.165) is 15.6 Å². The lowest BCUT2D eigenvalue weighted by atomic mass is 10.0. The number of nitrogens with one attached hydrogen (secondary N) is 2. The number of halogens is 2. The van der Waals surface area contributed by atoms with Crippen molar-refractivity contribution >= 4 is 51.5 Å². The second-order valence-corrected chi connectivity index (χ2v) is 7.24. The molecule has 4 amide bonds. The van der Waals surface area contributed by atoms with Crippen LogP contribution in [-0.2, 0) is 16.0 Å². The van der Waals surface area contributed by atoms with Gasteiger partial charge in [0.15, 0.2) is 0 Å². The summed E-state index contributed by atoms with van der Waals surface area (Å²) in [5.74, 6) is -0.967. The van der Waals surface area contributed by atoms with Crippen LogP contribution in [0.15, 0.2) is 46.4 Å². The van der Waals surface area contributed by atoms with Crippen LogP contribution in [0.4, 0.5) is 4.79 Å². The summed E-state index contributed by atoms with van der Waals surface area (Å²) < 4.78 is 6.70. The highest BCUT2D eigenvalue weighted by molar-refractivity contribution is 9.10. The van der Waals surface area contributed by atoms with Crippen molar-refractivity contribution in [3.63, 3.8) is 0 Å². The highest BCUT2D eigenvalue weighted by Crippen LogP contribution is 2.33. The average molecular weight is 464 g/mol. The van der Waals surface area contributed by atoms with E-state index >= 15 is 0 Å². The Morgan fingerprint density at radius 3 is 2.43 bits per heavy atom. The van der Waals surface area contributed by atoms with Crippen LogP contribution in [-0.4, -0.2) is 24.5 Å². The fourth-order valence-electron chi connectivity index (χ4n) is 2.78. The zero-order chi connectivity index (χ0) is 20.3. The van der Waals surface area contributed by atoms with E-state index in [0.29, 0.717) is 29.4 Å². The Morgan fingerprint density at radius 2 is 1.79 bits per heavy atom. The first kappa shape index (κ1) is 20.1. The predicted molar refractivity (Wildman–Crippen MR) is 109 cm³/mol. The van der Waals surface area contributed by atoms with Gasteiger partial charge in [-0.1, -0.05) is 45.7 Å². The molecule has 1 heterocycles. The van der Waals surface area contributed by atoms with Crippen molar-refractivity contribution in [2.75, 3.05) is 6.61 Å². The molecule has 1 fully saturated rings. The molecule has 0 aliphatic carbocycles. The molecule has 0 bridgehead atoms. The molecule has 3 rings (SSSR count). The van der Waals surface area contributed by atoms with E-state index in [-0.39, 0.29) is 5.57 Å². The topological polar surface area (TPSA) is 84.5 Å². The van der Waals surface area contributed by atoms with Gasteiger partial charge in [-0.25, -0.2) is 4.79 Å². The molecule has 1 aliphatic heterocycles. The van der Waals surface area contributed by atoms with E-state index in [9.17, 15) is 14.4 Å². The number of amides is 4. The van der Waals surface area contributed by atoms with E-state index < -0.39 is 17.8 Å². The van der Waals surface area contributed by atoms with E-state index in [4.69, 9.17) is 16.3 Å². The molecule has 6 nitrogen and oxygen atoms in total. The van der Waals surface area contributed by atoms with Crippen LogP contribution in [0.5, 0.6) is 5.75 Å². The molecule has 28 heavy (non-hydrogen) atoms. The minimum Gasteiger partial charge on any atom is -0.494 e. The van der Waals surface area contributed by atoms with Gasteiger partial charge < -0.3 is 4.74 Å². The summed E-state index contributed by atoms with van der Waals surface area (Å²) in [5, 5.41) is 4.52. The minimum absolute atomic E-state index is 0.184. The number of benzene rings is 2. The number of hydrogen-bond donors (Lipinski definition) is 2. The summed E-state index contributed by atoms with van der Waals surface area (Å²) in [5.41, 5.74) is 2.17. The molecule has 0 atom stereocenters. The SMILES string of the molecule is CCOc1cc(C=C2C(=O)NC(=O)NC2=O)cc(Cl)c1Cc1ccccc1Br. The van der Waals surface area contributed by atoms with Crippen molar-refractivity contribution in [2.45, 2.75) is 13.3 Å². The average Bonchev–Trinajstić information content (AvgIpc) is 2.63. The van der Waals surface area contributed by atoms with Crippen LogP contribution in [0.25, 0.3) is 6.08 Å². The number of urea groups is 1. The summed E-state index contributed by atoms with van der Waals surface area (Å²) >= 11 is 10.0. The highest BCUT2D eigenvalue weighted by atomic mass is 79.9. The van der Waals surface area contributed by atoms with Crippen molar-refractivity contribution < 1.29 is 19.1 Å². The maximum absolute atomic E-state index is 11.9. The van der Waals surface area contributed by atoms with Crippen LogP contribution in [0, 0.1) is 0 Å². The largest absolute Gasteiger partial charge is 0.494 e. The molecule has 1 aliphatic rings. The van der Waals surface area contributed by atoms with Gasteiger partial charge in [0.1, 0.15) is 11.3 Å². The van der Waals surface area contributed by atoms with Crippen LogP contribution >= 0.6 is 27.5 Å². The number of carbonyl (C=O) groups excluding carboxylic acids is 3. The monoisotopic (exact) mass is 462 g/mol. The first-order valence-electron chi connectivity index (χ1n) is 8.46. The van der Waals surface area contributed by atoms with Crippen LogP contribution < -0.4 is 15.4 Å². The van der Waals surface area contributed by atoms with Crippen molar-refractivity contribution in [3.8, 4) is 5.75 Å². The number of barbiturate groups is 1. The standard InChI is InChI=1S/C20H16BrClN2O4/c1-2-28-17-9-11(7-14-18(25)23-20(27)24-19(14)26)8-16(22)13(17)10-12-5-3-4-6-15(12)21/h3-9H,2,10H2,1H3,(H2,23,24,25,26,27). The molecule has 0 saturated carbocycles. The lowest BCUT2D eigenvalue weighted by molar-refractivity contribution is -0.123. The Labute approximate surface area is 175 Å².